The number of aromatic nitrogens is 3. The maximum Gasteiger partial charge on any atom is 0.165 e. The van der Waals surface area contributed by atoms with E-state index in [0.29, 0.717) is 22.8 Å². The third-order valence-electron chi connectivity index (χ3n) is 5.55. The van der Waals surface area contributed by atoms with Crippen molar-refractivity contribution in [2.45, 2.75) is 19.4 Å². The Kier molecular flexibility index (Phi) is 5.22. The number of hydrogen-bond donors (Lipinski definition) is 2. The van der Waals surface area contributed by atoms with Crippen LogP contribution in [-0.4, -0.2) is 28.0 Å². The van der Waals surface area contributed by atoms with E-state index in [2.05, 4.69) is 21.4 Å². The highest BCUT2D eigenvalue weighted by molar-refractivity contribution is 5.89. The molecule has 6 heteroatoms. The van der Waals surface area contributed by atoms with E-state index in [4.69, 9.17) is 9.72 Å². The minimum Gasteiger partial charge on any atom is -0.486 e. The standard InChI is InChI=1S/C25H23FN4O/c1-16(17-5-3-2-4-6-17)31-19-7-8-20(22(26)15-19)25-29-23(18-9-12-27-13-10-18)21-11-14-28-24(21)30-25/h2-9,11,14-16,27H,10,12-13H2,1H3,(H,28,29,30). The second-order valence-electron chi connectivity index (χ2n) is 7.63. The molecule has 0 aliphatic carbocycles. The third kappa shape index (κ3) is 3.94. The molecule has 3 heterocycles. The van der Waals surface area contributed by atoms with Gasteiger partial charge in [0.2, 0.25) is 0 Å². The monoisotopic (exact) mass is 414 g/mol. The van der Waals surface area contributed by atoms with Crippen LogP contribution in [0.4, 0.5) is 4.39 Å². The van der Waals surface area contributed by atoms with Crippen LogP contribution in [0.3, 0.4) is 0 Å². The average molecular weight is 414 g/mol. The number of nitrogens with zero attached hydrogens (tertiary/aromatic N) is 2. The Labute approximate surface area is 180 Å². The minimum absolute atomic E-state index is 0.184. The van der Waals surface area contributed by atoms with Gasteiger partial charge in [0.15, 0.2) is 5.82 Å². The van der Waals surface area contributed by atoms with Crippen molar-refractivity contribution in [3.8, 4) is 17.1 Å². The maximum absolute atomic E-state index is 15.1. The quantitative estimate of drug-likeness (QED) is 0.466. The van der Waals surface area contributed by atoms with E-state index >= 15 is 4.39 Å². The van der Waals surface area contributed by atoms with Gasteiger partial charge in [-0.1, -0.05) is 36.4 Å². The van der Waals surface area contributed by atoms with Gasteiger partial charge in [-0.15, -0.1) is 0 Å². The van der Waals surface area contributed by atoms with Crippen LogP contribution in [0.1, 0.15) is 30.7 Å². The van der Waals surface area contributed by atoms with Crippen LogP contribution >= 0.6 is 0 Å². The molecule has 5 nitrogen and oxygen atoms in total. The topological polar surface area (TPSA) is 62.8 Å². The van der Waals surface area contributed by atoms with Crippen LogP contribution in [0.2, 0.25) is 0 Å². The molecule has 0 fully saturated rings. The van der Waals surface area contributed by atoms with E-state index in [-0.39, 0.29) is 6.10 Å². The summed E-state index contributed by atoms with van der Waals surface area (Å²) >= 11 is 0. The molecule has 0 saturated heterocycles. The molecule has 2 aromatic heterocycles. The lowest BCUT2D eigenvalue weighted by Crippen LogP contribution is -2.20. The van der Waals surface area contributed by atoms with Gasteiger partial charge in [-0.2, -0.15) is 0 Å². The van der Waals surface area contributed by atoms with Crippen LogP contribution in [0, 0.1) is 5.82 Å². The first-order chi connectivity index (χ1) is 15.2. The van der Waals surface area contributed by atoms with E-state index in [9.17, 15) is 0 Å². The summed E-state index contributed by atoms with van der Waals surface area (Å²) in [5, 5.41) is 4.27. The van der Waals surface area contributed by atoms with Crippen LogP contribution in [0.5, 0.6) is 5.75 Å². The van der Waals surface area contributed by atoms with E-state index < -0.39 is 5.82 Å². The van der Waals surface area contributed by atoms with Crippen molar-refractivity contribution in [1.82, 2.24) is 20.3 Å². The van der Waals surface area contributed by atoms with Crippen LogP contribution in [-0.2, 0) is 0 Å². The molecule has 0 radical (unpaired) electrons. The molecule has 156 valence electrons. The van der Waals surface area contributed by atoms with Crippen molar-refractivity contribution in [2.75, 3.05) is 13.1 Å². The number of halogens is 1. The first-order valence-corrected chi connectivity index (χ1v) is 10.5. The summed E-state index contributed by atoms with van der Waals surface area (Å²) in [5.74, 6) is 0.429. The third-order valence-corrected chi connectivity index (χ3v) is 5.55. The van der Waals surface area contributed by atoms with Gasteiger partial charge >= 0.3 is 0 Å². The van der Waals surface area contributed by atoms with Gasteiger partial charge in [0, 0.05) is 24.2 Å². The lowest BCUT2D eigenvalue weighted by atomic mass is 10.0. The molecule has 4 aromatic rings. The first kappa shape index (κ1) is 19.5. The molecule has 5 rings (SSSR count). The van der Waals surface area contributed by atoms with Crippen molar-refractivity contribution in [3.63, 3.8) is 0 Å². The zero-order chi connectivity index (χ0) is 21.2. The van der Waals surface area contributed by atoms with Crippen molar-refractivity contribution in [3.05, 3.63) is 83.9 Å². The van der Waals surface area contributed by atoms with Crippen molar-refractivity contribution >= 4 is 16.6 Å². The summed E-state index contributed by atoms with van der Waals surface area (Å²) in [6.45, 7) is 3.65. The van der Waals surface area contributed by atoms with Crippen LogP contribution in [0.25, 0.3) is 28.0 Å². The van der Waals surface area contributed by atoms with E-state index in [1.54, 1.807) is 12.1 Å². The molecule has 0 amide bonds. The summed E-state index contributed by atoms with van der Waals surface area (Å²) < 4.78 is 21.0. The molecule has 0 spiro atoms. The van der Waals surface area contributed by atoms with E-state index in [1.807, 2.05) is 49.5 Å². The molecule has 2 N–H and O–H groups in total. The number of ether oxygens (including phenoxy) is 1. The molecular weight excluding hydrogens is 391 g/mol. The second-order valence-corrected chi connectivity index (χ2v) is 7.63. The first-order valence-electron chi connectivity index (χ1n) is 10.5. The number of nitrogens with one attached hydrogen (secondary N) is 2. The van der Waals surface area contributed by atoms with E-state index in [1.165, 1.54) is 6.07 Å². The van der Waals surface area contributed by atoms with Gasteiger partial charge in [-0.05, 0) is 49.2 Å². The highest BCUT2D eigenvalue weighted by Gasteiger charge is 2.18. The number of fused-ring (bicyclic) bond motifs is 1. The van der Waals surface area contributed by atoms with E-state index in [0.717, 1.165) is 41.7 Å². The average Bonchev–Trinajstić information content (AvgIpc) is 3.28. The summed E-state index contributed by atoms with van der Waals surface area (Å²) in [5.41, 5.74) is 4.11. The summed E-state index contributed by atoms with van der Waals surface area (Å²) in [6.07, 6.45) is 4.67. The molecular formula is C25H23FN4O. The van der Waals surface area contributed by atoms with Gasteiger partial charge in [0.1, 0.15) is 23.3 Å². The molecule has 1 aliphatic rings. The SMILES string of the molecule is CC(Oc1ccc(-c2nc(C3=CCNCC3)c3cc[nH]c3n2)c(F)c1)c1ccccc1. The smallest absolute Gasteiger partial charge is 0.165 e. The van der Waals surface area contributed by atoms with Gasteiger partial charge in [0.05, 0.1) is 11.3 Å². The fourth-order valence-corrected chi connectivity index (χ4v) is 3.89. The fraction of sp³-hybridized carbons (Fsp3) is 0.200. The Morgan fingerprint density at radius 2 is 1.94 bits per heavy atom. The van der Waals surface area contributed by atoms with Crippen molar-refractivity contribution < 1.29 is 9.13 Å². The lowest BCUT2D eigenvalue weighted by Gasteiger charge is -2.16. The zero-order valence-corrected chi connectivity index (χ0v) is 17.2. The Morgan fingerprint density at radius 3 is 2.71 bits per heavy atom. The molecule has 1 unspecified atom stereocenters. The Morgan fingerprint density at radius 1 is 1.06 bits per heavy atom. The van der Waals surface area contributed by atoms with Crippen LogP contribution in [0.15, 0.2) is 66.9 Å². The van der Waals surface area contributed by atoms with Gasteiger partial charge < -0.3 is 15.0 Å². The summed E-state index contributed by atoms with van der Waals surface area (Å²) in [4.78, 5) is 12.5. The predicted octanol–water partition coefficient (Wildman–Crippen LogP) is 5.28. The number of H-pyrrole nitrogens is 1. The highest BCUT2D eigenvalue weighted by atomic mass is 19.1. The molecule has 31 heavy (non-hydrogen) atoms. The van der Waals surface area contributed by atoms with Crippen molar-refractivity contribution in [1.29, 1.82) is 0 Å². The van der Waals surface area contributed by atoms with Gasteiger partial charge in [-0.25, -0.2) is 14.4 Å². The highest BCUT2D eigenvalue weighted by Crippen LogP contribution is 2.31. The van der Waals surface area contributed by atoms with Crippen molar-refractivity contribution in [2.24, 2.45) is 0 Å². The van der Waals surface area contributed by atoms with Gasteiger partial charge in [0.25, 0.3) is 0 Å². The molecule has 1 aliphatic heterocycles. The minimum atomic E-state index is -0.408. The molecule has 0 saturated carbocycles. The summed E-state index contributed by atoms with van der Waals surface area (Å²) in [7, 11) is 0. The normalized spacial score (nSPS) is 15.0. The number of aromatic amines is 1. The Hall–Kier alpha value is -3.51. The number of hydrogen-bond acceptors (Lipinski definition) is 4. The number of benzene rings is 2. The predicted molar refractivity (Wildman–Crippen MR) is 120 cm³/mol. The largest absolute Gasteiger partial charge is 0.486 e. The lowest BCUT2D eigenvalue weighted by molar-refractivity contribution is 0.226. The zero-order valence-electron chi connectivity index (χ0n) is 17.2. The van der Waals surface area contributed by atoms with Crippen LogP contribution < -0.4 is 10.1 Å². The number of rotatable bonds is 5. The van der Waals surface area contributed by atoms with Gasteiger partial charge in [-0.3, -0.25) is 0 Å². The maximum atomic E-state index is 15.1. The summed E-state index contributed by atoms with van der Waals surface area (Å²) in [6, 6.07) is 16.7. The fourth-order valence-electron chi connectivity index (χ4n) is 3.89. The molecule has 0 bridgehead atoms. The Bertz CT molecular complexity index is 1250. The molecule has 1 atom stereocenters. The second kappa shape index (κ2) is 8.32. The Balaban J connectivity index is 1.48. The molecule has 2 aromatic carbocycles.